The van der Waals surface area contributed by atoms with Gasteiger partial charge >= 0.3 is 0 Å². The standard InChI is InChI=1S/C47H35N3O/c1-2-3-11-31-18-20-34(21-19-31)45-48-46(39-25-24-36-28-35(22-23-37(36)29-39)32-12-6-4-7-13-32)50-47(49-45)41-16-10-17-42-44(41)40-27-26-38(30-43(40)51-42)33-14-8-5-9-15-33/h4-10,12-30H,2-3,11H2,1H3. The van der Waals surface area contributed by atoms with E-state index in [4.69, 9.17) is 19.4 Å². The number of nitrogens with zero attached hydrogens (tertiary/aromatic N) is 3. The van der Waals surface area contributed by atoms with Crippen LogP contribution in [0.25, 0.3) is 89.1 Å². The van der Waals surface area contributed by atoms with E-state index in [1.165, 1.54) is 34.9 Å². The van der Waals surface area contributed by atoms with Crippen LogP contribution in [-0.2, 0) is 6.42 Å². The van der Waals surface area contributed by atoms with Crippen LogP contribution < -0.4 is 0 Å². The summed E-state index contributed by atoms with van der Waals surface area (Å²) in [6.07, 6.45) is 3.40. The average molecular weight is 658 g/mol. The summed E-state index contributed by atoms with van der Waals surface area (Å²) in [6, 6.07) is 55.2. The first-order valence-corrected chi connectivity index (χ1v) is 17.7. The molecular weight excluding hydrogens is 623 g/mol. The predicted molar refractivity (Wildman–Crippen MR) is 210 cm³/mol. The van der Waals surface area contributed by atoms with Crippen molar-refractivity contribution in [1.82, 2.24) is 15.0 Å². The fourth-order valence-corrected chi connectivity index (χ4v) is 6.97. The maximum atomic E-state index is 6.47. The fourth-order valence-electron chi connectivity index (χ4n) is 6.97. The molecule has 0 saturated carbocycles. The Hall–Kier alpha value is -6.39. The number of rotatable bonds is 8. The number of hydrogen-bond donors (Lipinski definition) is 0. The third-order valence-electron chi connectivity index (χ3n) is 9.72. The zero-order valence-electron chi connectivity index (χ0n) is 28.4. The second kappa shape index (κ2) is 13.1. The number of aromatic nitrogens is 3. The molecule has 0 fully saturated rings. The number of aryl methyl sites for hydroxylation is 1. The molecule has 0 saturated heterocycles. The fraction of sp³-hybridized carbons (Fsp3) is 0.0851. The highest BCUT2D eigenvalue weighted by Gasteiger charge is 2.18. The lowest BCUT2D eigenvalue weighted by atomic mass is 9.99. The average Bonchev–Trinajstić information content (AvgIpc) is 3.58. The van der Waals surface area contributed by atoms with Gasteiger partial charge in [-0.3, -0.25) is 0 Å². The summed E-state index contributed by atoms with van der Waals surface area (Å²) in [6.45, 7) is 2.23. The third kappa shape index (κ3) is 5.95. The third-order valence-corrected chi connectivity index (χ3v) is 9.72. The highest BCUT2D eigenvalue weighted by Crippen LogP contribution is 2.38. The van der Waals surface area contributed by atoms with E-state index in [0.29, 0.717) is 17.5 Å². The Morgan fingerprint density at radius 3 is 1.75 bits per heavy atom. The van der Waals surface area contributed by atoms with Crippen molar-refractivity contribution in [2.24, 2.45) is 0 Å². The summed E-state index contributed by atoms with van der Waals surface area (Å²) in [5.41, 5.74) is 10.4. The molecule has 0 atom stereocenters. The Labute approximate surface area is 297 Å². The van der Waals surface area contributed by atoms with Crippen molar-refractivity contribution in [2.75, 3.05) is 0 Å². The molecule has 0 radical (unpaired) electrons. The zero-order valence-corrected chi connectivity index (χ0v) is 28.4. The van der Waals surface area contributed by atoms with Gasteiger partial charge in [-0.05, 0) is 81.8 Å². The summed E-state index contributed by atoms with van der Waals surface area (Å²) in [5.74, 6) is 1.90. The van der Waals surface area contributed by atoms with Crippen molar-refractivity contribution < 1.29 is 4.42 Å². The second-order valence-corrected chi connectivity index (χ2v) is 13.1. The van der Waals surface area contributed by atoms with Gasteiger partial charge in [-0.1, -0.05) is 141 Å². The number of furan rings is 1. The first kappa shape index (κ1) is 30.7. The molecule has 9 rings (SSSR count). The molecular formula is C47H35N3O. The molecule has 0 bridgehead atoms. The van der Waals surface area contributed by atoms with Gasteiger partial charge in [0.25, 0.3) is 0 Å². The molecule has 0 aliphatic heterocycles. The van der Waals surface area contributed by atoms with Crippen molar-refractivity contribution in [3.63, 3.8) is 0 Å². The maximum absolute atomic E-state index is 6.47. The van der Waals surface area contributed by atoms with Crippen LogP contribution in [-0.4, -0.2) is 15.0 Å². The Balaban J connectivity index is 1.19. The Kier molecular flexibility index (Phi) is 7.90. The quantitative estimate of drug-likeness (QED) is 0.163. The normalized spacial score (nSPS) is 11.5. The van der Waals surface area contributed by atoms with E-state index < -0.39 is 0 Å². The van der Waals surface area contributed by atoms with E-state index in [-0.39, 0.29) is 0 Å². The van der Waals surface area contributed by atoms with Gasteiger partial charge < -0.3 is 4.42 Å². The molecule has 0 unspecified atom stereocenters. The van der Waals surface area contributed by atoms with E-state index in [2.05, 4.69) is 140 Å². The number of hydrogen-bond acceptors (Lipinski definition) is 4. The van der Waals surface area contributed by atoms with Crippen LogP contribution in [0.1, 0.15) is 25.3 Å². The number of fused-ring (bicyclic) bond motifs is 4. The molecule has 0 aliphatic rings. The summed E-state index contributed by atoms with van der Waals surface area (Å²) in [7, 11) is 0. The zero-order chi connectivity index (χ0) is 34.1. The highest BCUT2D eigenvalue weighted by atomic mass is 16.3. The lowest BCUT2D eigenvalue weighted by Crippen LogP contribution is -2.00. The van der Waals surface area contributed by atoms with E-state index in [0.717, 1.165) is 61.6 Å². The van der Waals surface area contributed by atoms with E-state index in [9.17, 15) is 0 Å². The van der Waals surface area contributed by atoms with E-state index in [1.54, 1.807) is 0 Å². The van der Waals surface area contributed by atoms with Gasteiger partial charge in [0.15, 0.2) is 17.5 Å². The molecule has 244 valence electrons. The lowest BCUT2D eigenvalue weighted by Gasteiger charge is -2.11. The molecule has 0 spiro atoms. The minimum absolute atomic E-state index is 0.616. The van der Waals surface area contributed by atoms with Gasteiger partial charge in [0, 0.05) is 27.5 Å². The molecule has 4 nitrogen and oxygen atoms in total. The minimum atomic E-state index is 0.616. The molecule has 0 N–H and O–H groups in total. The van der Waals surface area contributed by atoms with Crippen LogP contribution in [0.15, 0.2) is 162 Å². The van der Waals surface area contributed by atoms with Crippen molar-refractivity contribution >= 4 is 32.7 Å². The summed E-state index contributed by atoms with van der Waals surface area (Å²) in [5, 5.41) is 4.33. The molecule has 0 aliphatic carbocycles. The molecule has 7 aromatic carbocycles. The van der Waals surface area contributed by atoms with Crippen LogP contribution >= 0.6 is 0 Å². The lowest BCUT2D eigenvalue weighted by molar-refractivity contribution is 0.669. The predicted octanol–water partition coefficient (Wildman–Crippen LogP) is 12.6. The topological polar surface area (TPSA) is 51.8 Å². The largest absolute Gasteiger partial charge is 0.456 e. The van der Waals surface area contributed by atoms with Crippen molar-refractivity contribution in [3.8, 4) is 56.4 Å². The van der Waals surface area contributed by atoms with Crippen LogP contribution in [0.5, 0.6) is 0 Å². The summed E-state index contributed by atoms with van der Waals surface area (Å²) in [4.78, 5) is 15.4. The first-order chi connectivity index (χ1) is 25.2. The Bertz CT molecular complexity index is 2660. The van der Waals surface area contributed by atoms with Crippen molar-refractivity contribution in [3.05, 3.63) is 163 Å². The van der Waals surface area contributed by atoms with Gasteiger partial charge in [-0.25, -0.2) is 15.0 Å². The molecule has 2 heterocycles. The van der Waals surface area contributed by atoms with Crippen LogP contribution in [0, 0.1) is 0 Å². The monoisotopic (exact) mass is 657 g/mol. The van der Waals surface area contributed by atoms with Gasteiger partial charge in [0.2, 0.25) is 0 Å². The summed E-state index contributed by atoms with van der Waals surface area (Å²) < 4.78 is 6.47. The van der Waals surface area contributed by atoms with Crippen molar-refractivity contribution in [2.45, 2.75) is 26.2 Å². The first-order valence-electron chi connectivity index (χ1n) is 17.7. The molecule has 4 heteroatoms. The van der Waals surface area contributed by atoms with Crippen LogP contribution in [0.3, 0.4) is 0 Å². The van der Waals surface area contributed by atoms with Gasteiger partial charge in [-0.15, -0.1) is 0 Å². The Morgan fingerprint density at radius 2 is 1.04 bits per heavy atom. The maximum Gasteiger partial charge on any atom is 0.164 e. The van der Waals surface area contributed by atoms with E-state index in [1.807, 2.05) is 24.3 Å². The van der Waals surface area contributed by atoms with Gasteiger partial charge in [-0.2, -0.15) is 0 Å². The molecule has 2 aromatic heterocycles. The van der Waals surface area contributed by atoms with Crippen LogP contribution in [0.2, 0.25) is 0 Å². The Morgan fingerprint density at radius 1 is 0.451 bits per heavy atom. The van der Waals surface area contributed by atoms with E-state index >= 15 is 0 Å². The number of benzene rings is 7. The van der Waals surface area contributed by atoms with Crippen LogP contribution in [0.4, 0.5) is 0 Å². The molecule has 9 aromatic rings. The SMILES string of the molecule is CCCCc1ccc(-c2nc(-c3ccc4cc(-c5ccccc5)ccc4c3)nc(-c3cccc4oc5cc(-c6ccccc6)ccc5c34)n2)cc1. The van der Waals surface area contributed by atoms with Gasteiger partial charge in [0.1, 0.15) is 11.2 Å². The van der Waals surface area contributed by atoms with Gasteiger partial charge in [0.05, 0.1) is 0 Å². The molecule has 51 heavy (non-hydrogen) atoms. The smallest absolute Gasteiger partial charge is 0.164 e. The summed E-state index contributed by atoms with van der Waals surface area (Å²) >= 11 is 0. The molecule has 0 amide bonds. The second-order valence-electron chi connectivity index (χ2n) is 13.1. The minimum Gasteiger partial charge on any atom is -0.456 e. The number of unbranched alkanes of at least 4 members (excludes halogenated alkanes) is 1. The van der Waals surface area contributed by atoms with Crippen molar-refractivity contribution in [1.29, 1.82) is 0 Å². The highest BCUT2D eigenvalue weighted by molar-refractivity contribution is 6.12.